The number of benzene rings is 1. The number of hydrogen-bond donors (Lipinski definition) is 10. The first-order valence-electron chi connectivity index (χ1n) is 17.2. The molecule has 19 heteroatoms. The SMILES string of the molecule is CC(C)[C@H](NC(=O)[C@H](CC(N)=O)NC(=O)[C@@H](NC(=O)[C@@H]1CCCN1C(=O)[C@@H](NC(=O)[C@@H](N)Cc1ccc(O)cc1)C(C)C)[C@@H](C)O)C(=O)NCC(=O)O. The van der Waals surface area contributed by atoms with Crippen molar-refractivity contribution in [1.29, 1.82) is 0 Å². The van der Waals surface area contributed by atoms with Crippen LogP contribution in [0.15, 0.2) is 24.3 Å². The van der Waals surface area contributed by atoms with Gasteiger partial charge in [-0.3, -0.25) is 38.4 Å². The molecule has 53 heavy (non-hydrogen) atoms. The van der Waals surface area contributed by atoms with E-state index in [0.717, 1.165) is 0 Å². The lowest BCUT2D eigenvalue weighted by Gasteiger charge is -2.32. The van der Waals surface area contributed by atoms with Crippen LogP contribution in [0, 0.1) is 11.8 Å². The number of aromatic hydroxyl groups is 1. The monoisotopic (exact) mass is 748 g/mol. The van der Waals surface area contributed by atoms with Gasteiger partial charge in [0.15, 0.2) is 0 Å². The van der Waals surface area contributed by atoms with Gasteiger partial charge >= 0.3 is 5.97 Å². The molecule has 12 N–H and O–H groups in total. The first-order chi connectivity index (χ1) is 24.7. The predicted molar refractivity (Wildman–Crippen MR) is 188 cm³/mol. The number of phenols is 1. The highest BCUT2D eigenvalue weighted by Gasteiger charge is 2.41. The van der Waals surface area contributed by atoms with Crippen LogP contribution in [-0.4, -0.2) is 123 Å². The molecule has 1 aromatic carbocycles. The summed E-state index contributed by atoms with van der Waals surface area (Å²) in [6, 6.07) is -1.64. The number of primary amides is 1. The standard InChI is InChI=1S/C34H52N8O11/c1-16(2)26(32(51)37-15-25(46)47)39-30(49)22(14-24(36)45)38-33(52)28(18(5)43)41-31(50)23-7-6-12-42(23)34(53)27(17(3)4)40-29(48)21(35)13-19-8-10-20(44)11-9-19/h8-11,16-18,21-23,26-28,43-44H,6-7,12-15,35H2,1-5H3,(H2,36,45)(H,37,51)(H,38,52)(H,39,49)(H,40,48)(H,41,50)(H,46,47)/t18-,21+,22+,23+,26+,27+,28+/m1/s1. The Bertz CT molecular complexity index is 1500. The van der Waals surface area contributed by atoms with Gasteiger partial charge < -0.3 is 58.3 Å². The van der Waals surface area contributed by atoms with E-state index in [4.69, 9.17) is 16.6 Å². The summed E-state index contributed by atoms with van der Waals surface area (Å²) in [5.41, 5.74) is 12.1. The van der Waals surface area contributed by atoms with E-state index in [1.807, 2.05) is 0 Å². The van der Waals surface area contributed by atoms with Gasteiger partial charge in [0.25, 0.3) is 0 Å². The molecule has 0 bridgehead atoms. The molecule has 294 valence electrons. The summed E-state index contributed by atoms with van der Waals surface area (Å²) < 4.78 is 0. The van der Waals surface area contributed by atoms with Crippen LogP contribution in [0.25, 0.3) is 0 Å². The van der Waals surface area contributed by atoms with Crippen molar-refractivity contribution in [2.75, 3.05) is 13.1 Å². The number of carbonyl (C=O) groups is 8. The average Bonchev–Trinajstić information content (AvgIpc) is 3.57. The molecule has 1 aliphatic heterocycles. The van der Waals surface area contributed by atoms with Crippen LogP contribution >= 0.6 is 0 Å². The van der Waals surface area contributed by atoms with Crippen molar-refractivity contribution in [2.24, 2.45) is 23.3 Å². The Hall–Kier alpha value is -5.30. The molecule has 19 nitrogen and oxygen atoms in total. The Kier molecular flexibility index (Phi) is 16.6. The fourth-order valence-corrected chi connectivity index (χ4v) is 5.62. The number of nitrogens with zero attached hydrogens (tertiary/aromatic N) is 1. The van der Waals surface area contributed by atoms with Gasteiger partial charge in [0, 0.05) is 6.54 Å². The molecular formula is C34H52N8O11. The molecule has 0 spiro atoms. The summed E-state index contributed by atoms with van der Waals surface area (Å²) in [4.78, 5) is 103. The molecule has 7 atom stereocenters. The van der Waals surface area contributed by atoms with Gasteiger partial charge in [-0.1, -0.05) is 39.8 Å². The predicted octanol–water partition coefficient (Wildman–Crippen LogP) is -3.04. The summed E-state index contributed by atoms with van der Waals surface area (Å²) >= 11 is 0. The number of aliphatic hydroxyl groups excluding tert-OH is 1. The Morgan fingerprint density at radius 3 is 1.92 bits per heavy atom. The third-order valence-corrected chi connectivity index (χ3v) is 8.56. The van der Waals surface area contributed by atoms with E-state index in [1.54, 1.807) is 39.8 Å². The molecule has 1 heterocycles. The normalized spacial score (nSPS) is 17.5. The first kappa shape index (κ1) is 43.9. The van der Waals surface area contributed by atoms with E-state index in [0.29, 0.717) is 12.0 Å². The second-order valence-electron chi connectivity index (χ2n) is 13.7. The minimum Gasteiger partial charge on any atom is -0.508 e. The summed E-state index contributed by atoms with van der Waals surface area (Å²) in [6.45, 7) is 7.17. The van der Waals surface area contributed by atoms with E-state index >= 15 is 0 Å². The summed E-state index contributed by atoms with van der Waals surface area (Å²) in [5.74, 6) is -8.16. The van der Waals surface area contributed by atoms with Gasteiger partial charge in [0.1, 0.15) is 42.5 Å². The van der Waals surface area contributed by atoms with Crippen LogP contribution in [0.4, 0.5) is 0 Å². The number of rotatable bonds is 19. The fourth-order valence-electron chi connectivity index (χ4n) is 5.62. The minimum absolute atomic E-state index is 0.0521. The maximum absolute atomic E-state index is 13.8. The van der Waals surface area contributed by atoms with Crippen LogP contribution in [0.1, 0.15) is 59.4 Å². The number of likely N-dealkylation sites (tertiary alicyclic amines) is 1. The molecule has 1 fully saturated rings. The molecule has 0 aromatic heterocycles. The third kappa shape index (κ3) is 13.3. The van der Waals surface area contributed by atoms with E-state index in [1.165, 1.54) is 24.0 Å². The number of carboxylic acids is 1. The maximum atomic E-state index is 13.8. The van der Waals surface area contributed by atoms with Gasteiger partial charge in [-0.25, -0.2) is 0 Å². The number of nitrogens with two attached hydrogens (primary N) is 2. The number of amides is 7. The summed E-state index contributed by atoms with van der Waals surface area (Å²) in [5, 5.41) is 40.7. The number of phenolic OH excluding ortho intramolecular Hbond substituents is 1. The highest BCUT2D eigenvalue weighted by atomic mass is 16.4. The number of nitrogens with one attached hydrogen (secondary N) is 5. The largest absolute Gasteiger partial charge is 0.508 e. The van der Waals surface area contributed by atoms with Crippen molar-refractivity contribution in [3.63, 3.8) is 0 Å². The molecule has 0 radical (unpaired) electrons. The summed E-state index contributed by atoms with van der Waals surface area (Å²) in [6.07, 6.45) is -1.54. The molecule has 0 unspecified atom stereocenters. The lowest BCUT2D eigenvalue weighted by molar-refractivity contribution is -0.143. The highest BCUT2D eigenvalue weighted by molar-refractivity contribution is 5.98. The Labute approximate surface area is 307 Å². The zero-order valence-electron chi connectivity index (χ0n) is 30.5. The van der Waals surface area contributed by atoms with Crippen molar-refractivity contribution in [1.82, 2.24) is 31.5 Å². The minimum atomic E-state index is -1.68. The van der Waals surface area contributed by atoms with Gasteiger partial charge in [0.05, 0.1) is 18.6 Å². The van der Waals surface area contributed by atoms with E-state index < -0.39 is 114 Å². The van der Waals surface area contributed by atoms with Gasteiger partial charge in [-0.05, 0) is 55.7 Å². The number of aliphatic carboxylic acids is 1. The van der Waals surface area contributed by atoms with Crippen molar-refractivity contribution < 1.29 is 53.7 Å². The second-order valence-corrected chi connectivity index (χ2v) is 13.7. The lowest BCUT2D eigenvalue weighted by Crippen LogP contribution is -2.62. The number of carbonyl (C=O) groups excluding carboxylic acids is 7. The number of aliphatic hydroxyl groups is 1. The molecule has 1 saturated heterocycles. The Morgan fingerprint density at radius 2 is 1.40 bits per heavy atom. The van der Waals surface area contributed by atoms with E-state index in [9.17, 15) is 48.6 Å². The lowest BCUT2D eigenvalue weighted by atomic mass is 10.00. The second kappa shape index (κ2) is 20.1. The smallest absolute Gasteiger partial charge is 0.322 e. The van der Waals surface area contributed by atoms with Crippen molar-refractivity contribution in [3.05, 3.63) is 29.8 Å². The van der Waals surface area contributed by atoms with Crippen molar-refractivity contribution in [2.45, 2.75) is 103 Å². The third-order valence-electron chi connectivity index (χ3n) is 8.56. The van der Waals surface area contributed by atoms with Gasteiger partial charge in [-0.2, -0.15) is 0 Å². The molecule has 1 aromatic rings. The molecule has 7 amide bonds. The first-order valence-corrected chi connectivity index (χ1v) is 17.2. The van der Waals surface area contributed by atoms with Crippen LogP contribution in [0.2, 0.25) is 0 Å². The number of hydrogen-bond acceptors (Lipinski definition) is 11. The van der Waals surface area contributed by atoms with Crippen LogP contribution in [-0.2, 0) is 44.8 Å². The summed E-state index contributed by atoms with van der Waals surface area (Å²) in [7, 11) is 0. The molecular weight excluding hydrogens is 696 g/mol. The Morgan fingerprint density at radius 1 is 0.811 bits per heavy atom. The number of carboxylic acid groups (broad SMARTS) is 1. The Balaban J connectivity index is 2.17. The molecule has 1 aliphatic rings. The zero-order valence-corrected chi connectivity index (χ0v) is 30.5. The van der Waals surface area contributed by atoms with E-state index in [-0.39, 0.29) is 25.1 Å². The fraction of sp³-hybridized carbons (Fsp3) is 0.588. The average molecular weight is 749 g/mol. The topological polar surface area (TPSA) is 313 Å². The maximum Gasteiger partial charge on any atom is 0.322 e. The van der Waals surface area contributed by atoms with Crippen molar-refractivity contribution >= 4 is 47.3 Å². The molecule has 2 rings (SSSR count). The zero-order chi connectivity index (χ0) is 40.2. The molecule has 0 aliphatic carbocycles. The van der Waals surface area contributed by atoms with Crippen molar-refractivity contribution in [3.8, 4) is 5.75 Å². The van der Waals surface area contributed by atoms with Crippen LogP contribution in [0.3, 0.4) is 0 Å². The van der Waals surface area contributed by atoms with E-state index in [2.05, 4.69) is 26.6 Å². The van der Waals surface area contributed by atoms with Crippen LogP contribution < -0.4 is 38.1 Å². The quantitative estimate of drug-likeness (QED) is 0.0676. The highest BCUT2D eigenvalue weighted by Crippen LogP contribution is 2.21. The molecule has 0 saturated carbocycles. The van der Waals surface area contributed by atoms with Gasteiger partial charge in [0.2, 0.25) is 41.4 Å². The van der Waals surface area contributed by atoms with Crippen LogP contribution in [0.5, 0.6) is 5.75 Å². The van der Waals surface area contributed by atoms with Gasteiger partial charge in [-0.15, -0.1) is 0 Å².